The fourth-order valence-electron chi connectivity index (χ4n) is 2.95. The molecule has 0 saturated heterocycles. The lowest BCUT2D eigenvalue weighted by atomic mass is 9.87. The number of amides is 2. The lowest BCUT2D eigenvalue weighted by Gasteiger charge is -2.26. The second kappa shape index (κ2) is 6.10. The maximum absolute atomic E-state index is 12.2. The minimum Gasteiger partial charge on any atom is -0.399 e. The number of hydrogen-bond donors (Lipinski definition) is 3. The topological polar surface area (TPSA) is 67.2 Å². The molecule has 1 unspecified atom stereocenters. The van der Waals surface area contributed by atoms with Gasteiger partial charge in [0.05, 0.1) is 6.04 Å². The molecule has 0 heterocycles. The fourth-order valence-corrected chi connectivity index (χ4v) is 2.95. The van der Waals surface area contributed by atoms with Crippen LogP contribution in [0.25, 0.3) is 0 Å². The summed E-state index contributed by atoms with van der Waals surface area (Å²) >= 11 is 0. The van der Waals surface area contributed by atoms with Crippen LogP contribution in [0.5, 0.6) is 0 Å². The van der Waals surface area contributed by atoms with Gasteiger partial charge in [-0.05, 0) is 61.6 Å². The maximum atomic E-state index is 12.2. The van der Waals surface area contributed by atoms with Gasteiger partial charge in [0.15, 0.2) is 0 Å². The number of urea groups is 1. The zero-order valence-corrected chi connectivity index (χ0v) is 12.7. The molecule has 0 radical (unpaired) electrons. The van der Waals surface area contributed by atoms with Crippen molar-refractivity contribution in [2.45, 2.75) is 32.2 Å². The summed E-state index contributed by atoms with van der Waals surface area (Å²) in [4.78, 5) is 12.2. The van der Waals surface area contributed by atoms with Crippen molar-refractivity contribution in [1.82, 2.24) is 5.32 Å². The van der Waals surface area contributed by atoms with Crippen molar-refractivity contribution in [3.05, 3.63) is 59.2 Å². The van der Waals surface area contributed by atoms with E-state index in [1.807, 2.05) is 49.4 Å². The molecule has 1 atom stereocenters. The highest BCUT2D eigenvalue weighted by atomic mass is 16.2. The SMILES string of the molecule is Cc1ccc(NC(=O)NC2CCCc3cc(N)ccc32)cc1. The number of carbonyl (C=O) groups is 1. The van der Waals surface area contributed by atoms with Gasteiger partial charge in [-0.15, -0.1) is 0 Å². The van der Waals surface area contributed by atoms with Crippen LogP contribution in [0.1, 0.15) is 35.6 Å². The monoisotopic (exact) mass is 295 g/mol. The van der Waals surface area contributed by atoms with Crippen LogP contribution in [0, 0.1) is 6.92 Å². The van der Waals surface area contributed by atoms with Gasteiger partial charge in [-0.2, -0.15) is 0 Å². The summed E-state index contributed by atoms with van der Waals surface area (Å²) in [5.41, 5.74) is 11.0. The van der Waals surface area contributed by atoms with Crippen LogP contribution >= 0.6 is 0 Å². The number of nitrogens with two attached hydrogens (primary N) is 1. The van der Waals surface area contributed by atoms with E-state index < -0.39 is 0 Å². The molecule has 0 spiro atoms. The second-order valence-corrected chi connectivity index (χ2v) is 5.87. The number of carbonyl (C=O) groups excluding carboxylic acids is 1. The van der Waals surface area contributed by atoms with E-state index in [0.29, 0.717) is 0 Å². The minimum atomic E-state index is -0.168. The largest absolute Gasteiger partial charge is 0.399 e. The Morgan fingerprint density at radius 3 is 2.73 bits per heavy atom. The van der Waals surface area contributed by atoms with E-state index in [1.165, 1.54) is 16.7 Å². The smallest absolute Gasteiger partial charge is 0.319 e. The molecule has 4 N–H and O–H groups in total. The van der Waals surface area contributed by atoms with Crippen molar-refractivity contribution >= 4 is 17.4 Å². The van der Waals surface area contributed by atoms with Crippen molar-refractivity contribution in [2.24, 2.45) is 0 Å². The quantitative estimate of drug-likeness (QED) is 0.738. The van der Waals surface area contributed by atoms with Gasteiger partial charge in [0.1, 0.15) is 0 Å². The third-order valence-electron chi connectivity index (χ3n) is 4.10. The normalized spacial score (nSPS) is 16.7. The Kier molecular flexibility index (Phi) is 4.00. The van der Waals surface area contributed by atoms with Crippen molar-refractivity contribution in [2.75, 3.05) is 11.1 Å². The summed E-state index contributed by atoms with van der Waals surface area (Å²) in [6, 6.07) is 13.6. The standard InChI is InChI=1S/C18H21N3O/c1-12-5-8-15(9-6-12)20-18(22)21-17-4-2-3-13-11-14(19)7-10-16(13)17/h5-11,17H,2-4,19H2,1H3,(H2,20,21,22). The van der Waals surface area contributed by atoms with E-state index in [4.69, 9.17) is 5.73 Å². The van der Waals surface area contributed by atoms with Gasteiger partial charge in [-0.3, -0.25) is 0 Å². The number of aryl methyl sites for hydroxylation is 2. The molecule has 0 bridgehead atoms. The first-order valence-electron chi connectivity index (χ1n) is 7.64. The molecule has 22 heavy (non-hydrogen) atoms. The van der Waals surface area contributed by atoms with Gasteiger partial charge < -0.3 is 16.4 Å². The molecule has 2 aromatic rings. The number of nitrogen functional groups attached to an aromatic ring is 1. The van der Waals surface area contributed by atoms with Crippen LogP contribution in [0.4, 0.5) is 16.2 Å². The number of benzene rings is 2. The van der Waals surface area contributed by atoms with Crippen LogP contribution in [0.2, 0.25) is 0 Å². The molecule has 2 aromatic carbocycles. The van der Waals surface area contributed by atoms with Crippen LogP contribution < -0.4 is 16.4 Å². The molecule has 0 saturated carbocycles. The summed E-state index contributed by atoms with van der Waals surface area (Å²) in [6.07, 6.45) is 3.04. The average Bonchev–Trinajstić information content (AvgIpc) is 2.49. The average molecular weight is 295 g/mol. The van der Waals surface area contributed by atoms with Gasteiger partial charge in [0.2, 0.25) is 0 Å². The van der Waals surface area contributed by atoms with Gasteiger partial charge in [0.25, 0.3) is 0 Å². The zero-order valence-electron chi connectivity index (χ0n) is 12.7. The molecule has 3 rings (SSSR count). The Hall–Kier alpha value is -2.49. The number of nitrogens with one attached hydrogen (secondary N) is 2. The molecular weight excluding hydrogens is 274 g/mol. The highest BCUT2D eigenvalue weighted by molar-refractivity contribution is 5.89. The highest BCUT2D eigenvalue weighted by Crippen LogP contribution is 2.31. The van der Waals surface area contributed by atoms with E-state index in [-0.39, 0.29) is 12.1 Å². The zero-order chi connectivity index (χ0) is 15.5. The molecule has 0 aromatic heterocycles. The minimum absolute atomic E-state index is 0.0507. The molecular formula is C18H21N3O. The fraction of sp³-hybridized carbons (Fsp3) is 0.278. The molecule has 1 aliphatic rings. The number of rotatable bonds is 2. The lowest BCUT2D eigenvalue weighted by Crippen LogP contribution is -2.34. The van der Waals surface area contributed by atoms with Gasteiger partial charge in [-0.1, -0.05) is 23.8 Å². The molecule has 4 nitrogen and oxygen atoms in total. The predicted octanol–water partition coefficient (Wildman–Crippen LogP) is 3.78. The Bertz CT molecular complexity index is 679. The van der Waals surface area contributed by atoms with E-state index >= 15 is 0 Å². The first-order chi connectivity index (χ1) is 10.6. The first kappa shape index (κ1) is 14.4. The molecule has 114 valence electrons. The second-order valence-electron chi connectivity index (χ2n) is 5.87. The Balaban J connectivity index is 1.69. The maximum Gasteiger partial charge on any atom is 0.319 e. The predicted molar refractivity (Wildman–Crippen MR) is 89.9 cm³/mol. The number of hydrogen-bond acceptors (Lipinski definition) is 2. The molecule has 1 aliphatic carbocycles. The molecule has 0 fully saturated rings. The Morgan fingerprint density at radius 2 is 1.95 bits per heavy atom. The van der Waals surface area contributed by atoms with E-state index in [9.17, 15) is 4.79 Å². The van der Waals surface area contributed by atoms with Crippen molar-refractivity contribution < 1.29 is 4.79 Å². The molecule has 4 heteroatoms. The van der Waals surface area contributed by atoms with Crippen molar-refractivity contribution in [3.8, 4) is 0 Å². The third-order valence-corrected chi connectivity index (χ3v) is 4.10. The molecule has 2 amide bonds. The highest BCUT2D eigenvalue weighted by Gasteiger charge is 2.21. The van der Waals surface area contributed by atoms with Crippen LogP contribution in [0.15, 0.2) is 42.5 Å². The van der Waals surface area contributed by atoms with E-state index in [0.717, 1.165) is 30.6 Å². The van der Waals surface area contributed by atoms with Crippen LogP contribution in [-0.2, 0) is 6.42 Å². The summed E-state index contributed by atoms with van der Waals surface area (Å²) in [5.74, 6) is 0. The van der Waals surface area contributed by atoms with Gasteiger partial charge in [-0.25, -0.2) is 4.79 Å². The Morgan fingerprint density at radius 1 is 1.18 bits per heavy atom. The third kappa shape index (κ3) is 3.22. The summed E-state index contributed by atoms with van der Waals surface area (Å²) in [5, 5.41) is 5.95. The van der Waals surface area contributed by atoms with E-state index in [1.54, 1.807) is 0 Å². The Labute approximate surface area is 130 Å². The molecule has 0 aliphatic heterocycles. The number of anilines is 2. The van der Waals surface area contributed by atoms with Crippen molar-refractivity contribution in [1.29, 1.82) is 0 Å². The summed E-state index contributed by atoms with van der Waals surface area (Å²) in [6.45, 7) is 2.02. The van der Waals surface area contributed by atoms with Gasteiger partial charge >= 0.3 is 6.03 Å². The lowest BCUT2D eigenvalue weighted by molar-refractivity contribution is 0.247. The number of fused-ring (bicyclic) bond motifs is 1. The van der Waals surface area contributed by atoms with Crippen molar-refractivity contribution in [3.63, 3.8) is 0 Å². The van der Waals surface area contributed by atoms with E-state index in [2.05, 4.69) is 10.6 Å². The summed E-state index contributed by atoms with van der Waals surface area (Å²) < 4.78 is 0. The van der Waals surface area contributed by atoms with Gasteiger partial charge in [0, 0.05) is 11.4 Å². The first-order valence-corrected chi connectivity index (χ1v) is 7.64. The summed E-state index contributed by atoms with van der Waals surface area (Å²) in [7, 11) is 0. The van der Waals surface area contributed by atoms with Crippen LogP contribution in [-0.4, -0.2) is 6.03 Å². The van der Waals surface area contributed by atoms with Crippen LogP contribution in [0.3, 0.4) is 0 Å².